The summed E-state index contributed by atoms with van der Waals surface area (Å²) in [5.74, 6) is -0.249. The number of benzene rings is 2. The van der Waals surface area contributed by atoms with E-state index in [0.29, 0.717) is 30.6 Å². The number of carbonyl (C=O) groups excluding carboxylic acids is 2. The molecular weight excluding hydrogens is 350 g/mol. The Hall–Kier alpha value is -3.47. The van der Waals surface area contributed by atoms with Crippen molar-refractivity contribution in [3.63, 3.8) is 0 Å². The van der Waals surface area contributed by atoms with Crippen LogP contribution in [0.5, 0.6) is 0 Å². The first kappa shape index (κ1) is 19.3. The van der Waals surface area contributed by atoms with Crippen LogP contribution in [0.3, 0.4) is 0 Å². The van der Waals surface area contributed by atoms with Crippen molar-refractivity contribution in [1.82, 2.24) is 10.3 Å². The molecule has 0 fully saturated rings. The molecule has 0 radical (unpaired) electrons. The Morgan fingerprint density at radius 2 is 1.86 bits per heavy atom. The van der Waals surface area contributed by atoms with Crippen molar-refractivity contribution < 1.29 is 9.59 Å². The number of hydrogen-bond donors (Lipinski definition) is 2. The van der Waals surface area contributed by atoms with Gasteiger partial charge in [-0.2, -0.15) is 0 Å². The van der Waals surface area contributed by atoms with Gasteiger partial charge >= 0.3 is 0 Å². The lowest BCUT2D eigenvalue weighted by Gasteiger charge is -2.12. The van der Waals surface area contributed by atoms with E-state index in [1.165, 1.54) is 11.8 Å². The van der Waals surface area contributed by atoms with Gasteiger partial charge in [0.15, 0.2) is 0 Å². The molecule has 0 aliphatic rings. The molecule has 0 saturated heterocycles. The van der Waals surface area contributed by atoms with Crippen LogP contribution < -0.4 is 10.6 Å². The van der Waals surface area contributed by atoms with Crippen molar-refractivity contribution in [2.45, 2.75) is 26.3 Å². The molecule has 5 heteroatoms. The molecule has 0 atom stereocenters. The van der Waals surface area contributed by atoms with E-state index in [1.807, 2.05) is 49.4 Å². The van der Waals surface area contributed by atoms with Gasteiger partial charge in [0.05, 0.1) is 5.56 Å². The summed E-state index contributed by atoms with van der Waals surface area (Å²) in [5.41, 5.74) is 4.36. The lowest BCUT2D eigenvalue weighted by atomic mass is 10.1. The van der Waals surface area contributed by atoms with Crippen LogP contribution in [0.25, 0.3) is 0 Å². The highest BCUT2D eigenvalue weighted by Crippen LogP contribution is 2.16. The summed E-state index contributed by atoms with van der Waals surface area (Å²) < 4.78 is 0. The molecule has 0 unspecified atom stereocenters. The quantitative estimate of drug-likeness (QED) is 0.660. The first-order chi connectivity index (χ1) is 13.6. The van der Waals surface area contributed by atoms with Crippen molar-refractivity contribution in [3.05, 3.63) is 95.3 Å². The van der Waals surface area contributed by atoms with E-state index in [2.05, 4.69) is 21.7 Å². The molecule has 2 N–H and O–H groups in total. The molecule has 0 aliphatic carbocycles. The van der Waals surface area contributed by atoms with E-state index in [9.17, 15) is 9.59 Å². The van der Waals surface area contributed by atoms with E-state index in [-0.39, 0.29) is 11.8 Å². The van der Waals surface area contributed by atoms with Crippen molar-refractivity contribution in [2.75, 3.05) is 5.32 Å². The minimum atomic E-state index is -0.230. The Morgan fingerprint density at radius 1 is 1.00 bits per heavy atom. The minimum absolute atomic E-state index is 0.0186. The standard InChI is InChI=1S/C23H23N3O2/c1-17-6-4-7-18(14-17)11-12-22(27)25-16-19-8-2-3-10-21(19)26-23(28)20-9-5-13-24-15-20/h2-10,13-15H,11-12,16H2,1H3,(H,25,27)(H,26,28). The molecule has 0 aliphatic heterocycles. The van der Waals surface area contributed by atoms with E-state index in [4.69, 9.17) is 0 Å². The zero-order chi connectivity index (χ0) is 19.8. The predicted octanol–water partition coefficient (Wildman–Crippen LogP) is 3.89. The van der Waals surface area contributed by atoms with Crippen LogP contribution in [-0.2, 0) is 17.8 Å². The summed E-state index contributed by atoms with van der Waals surface area (Å²) >= 11 is 0. The molecular formula is C23H23N3O2. The summed E-state index contributed by atoms with van der Waals surface area (Å²) in [6.45, 7) is 2.40. The molecule has 5 nitrogen and oxygen atoms in total. The molecule has 142 valence electrons. The maximum Gasteiger partial charge on any atom is 0.257 e. The number of amides is 2. The largest absolute Gasteiger partial charge is 0.352 e. The lowest BCUT2D eigenvalue weighted by Crippen LogP contribution is -2.24. The monoisotopic (exact) mass is 373 g/mol. The van der Waals surface area contributed by atoms with Gasteiger partial charge in [0.1, 0.15) is 0 Å². The molecule has 0 saturated carbocycles. The second kappa shape index (κ2) is 9.46. The van der Waals surface area contributed by atoms with Crippen molar-refractivity contribution in [2.24, 2.45) is 0 Å². The fraction of sp³-hybridized carbons (Fsp3) is 0.174. The maximum absolute atomic E-state index is 12.4. The first-order valence-corrected chi connectivity index (χ1v) is 9.23. The van der Waals surface area contributed by atoms with Gasteiger partial charge in [0.25, 0.3) is 5.91 Å². The van der Waals surface area contributed by atoms with Gasteiger partial charge in [-0.05, 0) is 42.7 Å². The molecule has 2 amide bonds. The Bertz CT molecular complexity index is 955. The predicted molar refractivity (Wildman–Crippen MR) is 110 cm³/mol. The Balaban J connectivity index is 1.56. The minimum Gasteiger partial charge on any atom is -0.352 e. The molecule has 0 spiro atoms. The summed E-state index contributed by atoms with van der Waals surface area (Å²) in [6, 6.07) is 19.0. The zero-order valence-corrected chi connectivity index (χ0v) is 15.8. The molecule has 3 rings (SSSR count). The van der Waals surface area contributed by atoms with E-state index >= 15 is 0 Å². The van der Waals surface area contributed by atoms with Gasteiger partial charge < -0.3 is 10.6 Å². The summed E-state index contributed by atoms with van der Waals surface area (Å²) in [5, 5.41) is 5.82. The van der Waals surface area contributed by atoms with Gasteiger partial charge in [-0.3, -0.25) is 14.6 Å². The average Bonchev–Trinajstić information content (AvgIpc) is 2.72. The maximum atomic E-state index is 12.4. The number of anilines is 1. The van der Waals surface area contributed by atoms with Crippen molar-refractivity contribution >= 4 is 17.5 Å². The fourth-order valence-electron chi connectivity index (χ4n) is 2.90. The smallest absolute Gasteiger partial charge is 0.257 e. The van der Waals surface area contributed by atoms with Crippen LogP contribution in [0.15, 0.2) is 73.1 Å². The second-order valence-corrected chi connectivity index (χ2v) is 6.62. The van der Waals surface area contributed by atoms with Gasteiger partial charge in [-0.1, -0.05) is 48.0 Å². The number of nitrogens with one attached hydrogen (secondary N) is 2. The normalized spacial score (nSPS) is 10.3. The third kappa shape index (κ3) is 5.51. The highest BCUT2D eigenvalue weighted by atomic mass is 16.2. The third-order valence-corrected chi connectivity index (χ3v) is 4.39. The van der Waals surface area contributed by atoms with Crippen LogP contribution in [0.2, 0.25) is 0 Å². The Labute approximate surface area is 164 Å². The fourth-order valence-corrected chi connectivity index (χ4v) is 2.90. The number of rotatable bonds is 7. The lowest BCUT2D eigenvalue weighted by molar-refractivity contribution is -0.121. The van der Waals surface area contributed by atoms with Crippen LogP contribution >= 0.6 is 0 Å². The second-order valence-electron chi connectivity index (χ2n) is 6.62. The topological polar surface area (TPSA) is 71.1 Å². The van der Waals surface area contributed by atoms with Crippen LogP contribution in [0.4, 0.5) is 5.69 Å². The van der Waals surface area contributed by atoms with E-state index in [1.54, 1.807) is 18.3 Å². The van der Waals surface area contributed by atoms with Gasteiger partial charge in [-0.15, -0.1) is 0 Å². The Morgan fingerprint density at radius 3 is 2.64 bits per heavy atom. The number of hydrogen-bond acceptors (Lipinski definition) is 3. The van der Waals surface area contributed by atoms with E-state index < -0.39 is 0 Å². The number of aryl methyl sites for hydroxylation is 2. The first-order valence-electron chi connectivity index (χ1n) is 9.23. The van der Waals surface area contributed by atoms with Gasteiger partial charge in [-0.25, -0.2) is 0 Å². The van der Waals surface area contributed by atoms with Crippen LogP contribution in [-0.4, -0.2) is 16.8 Å². The highest BCUT2D eigenvalue weighted by Gasteiger charge is 2.10. The van der Waals surface area contributed by atoms with Crippen molar-refractivity contribution in [1.29, 1.82) is 0 Å². The molecule has 2 aromatic carbocycles. The van der Waals surface area contributed by atoms with Crippen LogP contribution in [0, 0.1) is 6.92 Å². The van der Waals surface area contributed by atoms with Gasteiger partial charge in [0.2, 0.25) is 5.91 Å². The van der Waals surface area contributed by atoms with E-state index in [0.717, 1.165) is 11.1 Å². The number of nitrogens with zero attached hydrogens (tertiary/aromatic N) is 1. The average molecular weight is 373 g/mol. The zero-order valence-electron chi connectivity index (χ0n) is 15.8. The number of para-hydroxylation sites is 1. The highest BCUT2D eigenvalue weighted by molar-refractivity contribution is 6.04. The van der Waals surface area contributed by atoms with Crippen molar-refractivity contribution in [3.8, 4) is 0 Å². The molecule has 28 heavy (non-hydrogen) atoms. The molecule has 3 aromatic rings. The van der Waals surface area contributed by atoms with Crippen LogP contribution in [0.1, 0.15) is 33.5 Å². The third-order valence-electron chi connectivity index (χ3n) is 4.39. The SMILES string of the molecule is Cc1cccc(CCC(=O)NCc2ccccc2NC(=O)c2cccnc2)c1. The number of pyridine rings is 1. The molecule has 1 heterocycles. The van der Waals surface area contributed by atoms with Gasteiger partial charge in [0, 0.05) is 31.0 Å². The molecule has 1 aromatic heterocycles. The summed E-state index contributed by atoms with van der Waals surface area (Å²) in [4.78, 5) is 28.5. The summed E-state index contributed by atoms with van der Waals surface area (Å²) in [7, 11) is 0. The summed E-state index contributed by atoms with van der Waals surface area (Å²) in [6.07, 6.45) is 4.27. The number of carbonyl (C=O) groups is 2. The number of aromatic nitrogens is 1. The Kier molecular flexibility index (Phi) is 6.52. The molecule has 0 bridgehead atoms.